The summed E-state index contributed by atoms with van der Waals surface area (Å²) in [6, 6.07) is 9.03. The van der Waals surface area contributed by atoms with Crippen LogP contribution < -0.4 is 11.1 Å². The van der Waals surface area contributed by atoms with Gasteiger partial charge in [0.1, 0.15) is 0 Å². The highest BCUT2D eigenvalue weighted by molar-refractivity contribution is 8.26. The maximum atomic E-state index is 12.1. The minimum Gasteiger partial charge on any atom is -0.378 e. The molecule has 9 nitrogen and oxygen atoms in total. The quantitative estimate of drug-likeness (QED) is 0.475. The predicted molar refractivity (Wildman–Crippen MR) is 116 cm³/mol. The average molecular weight is 426 g/mol. The lowest BCUT2D eigenvalue weighted by atomic mass is 9.73. The Morgan fingerprint density at radius 2 is 2.03 bits per heavy atom. The molecule has 3 rings (SSSR count). The third-order valence-corrected chi connectivity index (χ3v) is 5.50. The van der Waals surface area contributed by atoms with Gasteiger partial charge in [-0.05, 0) is 61.2 Å². The van der Waals surface area contributed by atoms with Crippen molar-refractivity contribution < 1.29 is 9.59 Å². The van der Waals surface area contributed by atoms with Crippen LogP contribution in [0.5, 0.6) is 0 Å². The van der Waals surface area contributed by atoms with Crippen LogP contribution in [0, 0.1) is 17.2 Å². The number of hydrogen-bond acceptors (Lipinski definition) is 7. The number of amides is 2. The zero-order valence-corrected chi connectivity index (χ0v) is 17.4. The Balaban J connectivity index is 1.42. The molecular weight excluding hydrogens is 402 g/mol. The molecule has 0 aliphatic heterocycles. The van der Waals surface area contributed by atoms with Crippen LogP contribution in [0.4, 0.5) is 5.82 Å². The molecule has 2 heterocycles. The average Bonchev–Trinajstić information content (AvgIpc) is 2.65. The Labute approximate surface area is 178 Å². The molecule has 0 atom stereocenters. The molecule has 2 aromatic rings. The third-order valence-electron chi connectivity index (χ3n) is 4.64. The standard InChI is InChI=1S/C20H23N7O2S/c1-12(28)24-20(22)30-19(21)14-8-13(9-14)10-16-5-6-17(27-26-16)25-18(29)11-15-4-2-3-7-23-15/h2-7,13-14,21H,8-11H2,1H3,(H2,22,24,28)(H,25,27,29). The number of pyridine rings is 1. The van der Waals surface area contributed by atoms with Crippen LogP contribution in [0.1, 0.15) is 31.2 Å². The summed E-state index contributed by atoms with van der Waals surface area (Å²) in [6.07, 6.45) is 4.32. The molecule has 10 heteroatoms. The van der Waals surface area contributed by atoms with Gasteiger partial charge < -0.3 is 11.1 Å². The Hall–Kier alpha value is -3.14. The van der Waals surface area contributed by atoms with Crippen molar-refractivity contribution in [2.24, 2.45) is 22.6 Å². The topological polar surface area (TPSA) is 147 Å². The van der Waals surface area contributed by atoms with Crippen molar-refractivity contribution in [2.45, 2.75) is 32.6 Å². The molecule has 0 radical (unpaired) electrons. The van der Waals surface area contributed by atoms with E-state index >= 15 is 0 Å². The van der Waals surface area contributed by atoms with Crippen LogP contribution in [-0.4, -0.2) is 37.2 Å². The SMILES string of the molecule is CC(=O)N=C(N)SC(=N)C1CC(Cc2ccc(NC(=O)Cc3ccccn3)nn2)C1. The molecule has 4 N–H and O–H groups in total. The molecule has 2 amide bonds. The maximum Gasteiger partial charge on any atom is 0.244 e. The van der Waals surface area contributed by atoms with E-state index in [-0.39, 0.29) is 29.3 Å². The number of aromatic nitrogens is 3. The van der Waals surface area contributed by atoms with Gasteiger partial charge in [-0.15, -0.1) is 5.10 Å². The van der Waals surface area contributed by atoms with Crippen molar-refractivity contribution >= 4 is 39.6 Å². The smallest absolute Gasteiger partial charge is 0.244 e. The van der Waals surface area contributed by atoms with Crippen LogP contribution in [-0.2, 0) is 22.4 Å². The minimum atomic E-state index is -0.366. The summed E-state index contributed by atoms with van der Waals surface area (Å²) in [5, 5.41) is 19.6. The fourth-order valence-electron chi connectivity index (χ4n) is 3.18. The number of nitrogens with one attached hydrogen (secondary N) is 2. The summed E-state index contributed by atoms with van der Waals surface area (Å²) in [5.41, 5.74) is 7.18. The Morgan fingerprint density at radius 1 is 1.23 bits per heavy atom. The Morgan fingerprint density at radius 3 is 2.67 bits per heavy atom. The van der Waals surface area contributed by atoms with Crippen molar-refractivity contribution in [3.05, 3.63) is 47.9 Å². The van der Waals surface area contributed by atoms with E-state index < -0.39 is 0 Å². The number of anilines is 1. The third kappa shape index (κ3) is 6.45. The second-order valence-electron chi connectivity index (χ2n) is 7.13. The molecule has 1 aliphatic carbocycles. The summed E-state index contributed by atoms with van der Waals surface area (Å²) >= 11 is 1.05. The van der Waals surface area contributed by atoms with Crippen LogP contribution in [0.25, 0.3) is 0 Å². The first kappa shape index (κ1) is 21.6. The minimum absolute atomic E-state index is 0.113. The molecule has 0 aromatic carbocycles. The fourth-order valence-corrected chi connectivity index (χ4v) is 3.93. The van der Waals surface area contributed by atoms with Crippen molar-refractivity contribution in [2.75, 3.05) is 5.32 Å². The molecule has 2 aromatic heterocycles. The molecule has 0 unspecified atom stereocenters. The molecule has 1 saturated carbocycles. The largest absolute Gasteiger partial charge is 0.378 e. The van der Waals surface area contributed by atoms with E-state index in [4.69, 9.17) is 11.1 Å². The number of amidine groups is 1. The number of carbonyl (C=O) groups excluding carboxylic acids is 2. The van der Waals surface area contributed by atoms with Gasteiger partial charge in [-0.2, -0.15) is 10.1 Å². The highest BCUT2D eigenvalue weighted by atomic mass is 32.2. The Bertz CT molecular complexity index is 941. The van der Waals surface area contributed by atoms with Gasteiger partial charge in [0, 0.05) is 24.7 Å². The van der Waals surface area contributed by atoms with Crippen LogP contribution >= 0.6 is 11.8 Å². The zero-order valence-electron chi connectivity index (χ0n) is 16.5. The van der Waals surface area contributed by atoms with Gasteiger partial charge in [-0.3, -0.25) is 20.0 Å². The van der Waals surface area contributed by atoms with Gasteiger partial charge >= 0.3 is 0 Å². The van der Waals surface area contributed by atoms with E-state index in [0.717, 1.165) is 36.7 Å². The highest BCUT2D eigenvalue weighted by Gasteiger charge is 2.33. The molecule has 0 saturated heterocycles. The van der Waals surface area contributed by atoms with E-state index in [1.165, 1.54) is 6.92 Å². The Kier molecular flexibility index (Phi) is 7.23. The van der Waals surface area contributed by atoms with Gasteiger partial charge in [0.2, 0.25) is 11.8 Å². The molecule has 1 aliphatic rings. The monoisotopic (exact) mass is 425 g/mol. The van der Waals surface area contributed by atoms with E-state index in [0.29, 0.717) is 22.5 Å². The van der Waals surface area contributed by atoms with Crippen molar-refractivity contribution in [1.29, 1.82) is 5.41 Å². The number of nitrogens with zero attached hydrogens (tertiary/aromatic N) is 4. The van der Waals surface area contributed by atoms with Crippen LogP contribution in [0.3, 0.4) is 0 Å². The first-order valence-electron chi connectivity index (χ1n) is 9.52. The summed E-state index contributed by atoms with van der Waals surface area (Å²) in [5.74, 6) is 0.402. The second kappa shape index (κ2) is 10.1. The fraction of sp³-hybridized carbons (Fsp3) is 0.350. The lowest BCUT2D eigenvalue weighted by molar-refractivity contribution is -0.116. The summed E-state index contributed by atoms with van der Waals surface area (Å²) in [7, 11) is 0. The van der Waals surface area contributed by atoms with Crippen LogP contribution in [0.15, 0.2) is 41.5 Å². The number of carbonyl (C=O) groups is 2. The first-order chi connectivity index (χ1) is 14.4. The molecule has 0 spiro atoms. The number of nitrogens with two attached hydrogens (primary N) is 1. The van der Waals surface area contributed by atoms with E-state index in [2.05, 4.69) is 25.5 Å². The molecule has 30 heavy (non-hydrogen) atoms. The van der Waals surface area contributed by atoms with E-state index in [1.807, 2.05) is 12.1 Å². The number of hydrogen-bond donors (Lipinski definition) is 3. The van der Waals surface area contributed by atoms with Crippen molar-refractivity contribution in [3.8, 4) is 0 Å². The maximum absolute atomic E-state index is 12.1. The number of thioether (sulfide) groups is 1. The zero-order chi connectivity index (χ0) is 21.5. The lowest BCUT2D eigenvalue weighted by Crippen LogP contribution is -2.31. The molecule has 156 valence electrons. The predicted octanol–water partition coefficient (Wildman–Crippen LogP) is 2.19. The summed E-state index contributed by atoms with van der Waals surface area (Å²) in [4.78, 5) is 30.7. The molecule has 0 bridgehead atoms. The van der Waals surface area contributed by atoms with Crippen LogP contribution in [0.2, 0.25) is 0 Å². The van der Waals surface area contributed by atoms with Gasteiger partial charge in [0.25, 0.3) is 0 Å². The summed E-state index contributed by atoms with van der Waals surface area (Å²) < 4.78 is 0. The second-order valence-corrected chi connectivity index (χ2v) is 8.19. The lowest BCUT2D eigenvalue weighted by Gasteiger charge is -2.35. The first-order valence-corrected chi connectivity index (χ1v) is 10.3. The molecular formula is C20H23N7O2S. The van der Waals surface area contributed by atoms with Gasteiger partial charge in [0.05, 0.1) is 17.2 Å². The van der Waals surface area contributed by atoms with Crippen molar-refractivity contribution in [3.63, 3.8) is 0 Å². The van der Waals surface area contributed by atoms with E-state index in [9.17, 15) is 9.59 Å². The van der Waals surface area contributed by atoms with E-state index in [1.54, 1.807) is 24.4 Å². The normalized spacial score (nSPS) is 18.4. The number of rotatable bonds is 6. The highest BCUT2D eigenvalue weighted by Crippen LogP contribution is 2.38. The molecule has 1 fully saturated rings. The number of aliphatic imine (C=N–C) groups is 1. The van der Waals surface area contributed by atoms with Gasteiger partial charge in [0.15, 0.2) is 11.0 Å². The van der Waals surface area contributed by atoms with Crippen molar-refractivity contribution in [1.82, 2.24) is 15.2 Å². The summed E-state index contributed by atoms with van der Waals surface area (Å²) in [6.45, 7) is 1.33. The van der Waals surface area contributed by atoms with Gasteiger partial charge in [-0.25, -0.2) is 0 Å². The van der Waals surface area contributed by atoms with Gasteiger partial charge in [-0.1, -0.05) is 6.07 Å².